The van der Waals surface area contributed by atoms with Gasteiger partial charge in [-0.1, -0.05) is 38.0 Å². The molecule has 0 radical (unpaired) electrons. The highest BCUT2D eigenvalue weighted by Gasteiger charge is 2.25. The van der Waals surface area contributed by atoms with E-state index in [1.807, 2.05) is 0 Å². The summed E-state index contributed by atoms with van der Waals surface area (Å²) in [6.45, 7) is 5.61. The molecule has 0 N–H and O–H groups in total. The molecule has 0 atom stereocenters. The lowest BCUT2D eigenvalue weighted by molar-refractivity contribution is 0.533. The molecule has 0 unspecified atom stereocenters. The summed E-state index contributed by atoms with van der Waals surface area (Å²) in [4.78, 5) is 2.46. The average molecular weight is 304 g/mol. The molecule has 0 bridgehead atoms. The molecule has 1 heterocycles. The third-order valence-corrected chi connectivity index (χ3v) is 4.36. The lowest BCUT2D eigenvalue weighted by Gasteiger charge is -2.29. The summed E-state index contributed by atoms with van der Waals surface area (Å²) in [6, 6.07) is 0.683. The molecule has 1 aromatic heterocycles. The van der Waals surface area contributed by atoms with Crippen LogP contribution in [0, 0.1) is 5.92 Å². The molecule has 0 spiro atoms. The van der Waals surface area contributed by atoms with Gasteiger partial charge < -0.3 is 4.90 Å². The van der Waals surface area contributed by atoms with E-state index < -0.39 is 0 Å². The number of anilines is 1. The Hall–Kier alpha value is -0.160. The third kappa shape index (κ3) is 2.94. The number of hydrogen-bond acceptors (Lipinski definition) is 4. The van der Waals surface area contributed by atoms with Crippen LogP contribution in [0.15, 0.2) is 3.92 Å². The summed E-state index contributed by atoms with van der Waals surface area (Å²) in [5.41, 5.74) is 0. The Labute approximate surface area is 109 Å². The number of rotatable bonds is 4. The fourth-order valence-corrected chi connectivity index (χ4v) is 3.48. The van der Waals surface area contributed by atoms with Gasteiger partial charge in [-0.3, -0.25) is 0 Å². The van der Waals surface area contributed by atoms with Crippen LogP contribution in [0.2, 0.25) is 0 Å². The minimum atomic E-state index is 0.670. The van der Waals surface area contributed by atoms with Gasteiger partial charge in [0.2, 0.25) is 5.13 Å². The van der Waals surface area contributed by atoms with E-state index in [-0.39, 0.29) is 0 Å². The zero-order valence-corrected chi connectivity index (χ0v) is 12.2. The summed E-state index contributed by atoms with van der Waals surface area (Å²) >= 11 is 5.04. The van der Waals surface area contributed by atoms with Crippen LogP contribution < -0.4 is 4.90 Å². The lowest BCUT2D eigenvalue weighted by atomic mass is 10.1. The maximum absolute atomic E-state index is 4.26. The molecular weight excluding hydrogens is 286 g/mol. The standard InChI is InChI=1S/C11H18BrN3S/c1-8(2)7-15(9-5-3-4-6-9)11-14-13-10(12)16-11/h8-9H,3-7H2,1-2H3. The normalized spacial score (nSPS) is 17.2. The molecule has 0 amide bonds. The highest BCUT2D eigenvalue weighted by atomic mass is 79.9. The number of nitrogens with zero attached hydrogens (tertiary/aromatic N) is 3. The van der Waals surface area contributed by atoms with Crippen LogP contribution in [-0.4, -0.2) is 22.8 Å². The van der Waals surface area contributed by atoms with Gasteiger partial charge in [0.15, 0.2) is 3.92 Å². The van der Waals surface area contributed by atoms with Crippen LogP contribution in [0.25, 0.3) is 0 Å². The smallest absolute Gasteiger partial charge is 0.209 e. The highest BCUT2D eigenvalue weighted by molar-refractivity contribution is 9.11. The molecule has 0 saturated heterocycles. The van der Waals surface area contributed by atoms with Crippen molar-refractivity contribution in [2.24, 2.45) is 5.92 Å². The Balaban J connectivity index is 2.13. The topological polar surface area (TPSA) is 29.0 Å². The maximum atomic E-state index is 4.26. The van der Waals surface area contributed by atoms with Crippen molar-refractivity contribution in [1.29, 1.82) is 0 Å². The van der Waals surface area contributed by atoms with Gasteiger partial charge in [0, 0.05) is 12.6 Å². The van der Waals surface area contributed by atoms with Gasteiger partial charge in [0.05, 0.1) is 0 Å². The first-order valence-electron chi connectivity index (χ1n) is 5.92. The first kappa shape index (κ1) is 12.3. The lowest BCUT2D eigenvalue weighted by Crippen LogP contribution is -2.36. The zero-order valence-electron chi connectivity index (χ0n) is 9.82. The molecule has 1 aliphatic rings. The highest BCUT2D eigenvalue weighted by Crippen LogP contribution is 2.32. The van der Waals surface area contributed by atoms with Crippen LogP contribution in [0.3, 0.4) is 0 Å². The number of halogens is 1. The van der Waals surface area contributed by atoms with E-state index in [2.05, 4.69) is 44.9 Å². The quantitative estimate of drug-likeness (QED) is 0.849. The molecule has 5 heteroatoms. The fourth-order valence-electron chi connectivity index (χ4n) is 2.31. The van der Waals surface area contributed by atoms with Crippen molar-refractivity contribution in [1.82, 2.24) is 10.2 Å². The van der Waals surface area contributed by atoms with Gasteiger partial charge in [0.25, 0.3) is 0 Å². The first-order chi connectivity index (χ1) is 7.66. The Morgan fingerprint density at radius 1 is 1.38 bits per heavy atom. The maximum Gasteiger partial charge on any atom is 0.209 e. The molecule has 90 valence electrons. The molecule has 3 nitrogen and oxygen atoms in total. The van der Waals surface area contributed by atoms with E-state index in [1.165, 1.54) is 25.7 Å². The molecule has 1 aliphatic carbocycles. The van der Waals surface area contributed by atoms with E-state index >= 15 is 0 Å². The molecule has 1 fully saturated rings. The summed E-state index contributed by atoms with van der Waals surface area (Å²) in [7, 11) is 0. The Kier molecular flexibility index (Phi) is 4.19. The van der Waals surface area contributed by atoms with Crippen molar-refractivity contribution in [3.05, 3.63) is 3.92 Å². The van der Waals surface area contributed by atoms with E-state index in [0.29, 0.717) is 12.0 Å². The average Bonchev–Trinajstić information content (AvgIpc) is 2.84. The zero-order chi connectivity index (χ0) is 11.5. The predicted octanol–water partition coefficient (Wildman–Crippen LogP) is 3.71. The first-order valence-corrected chi connectivity index (χ1v) is 7.53. The summed E-state index contributed by atoms with van der Waals surface area (Å²) in [5.74, 6) is 0.670. The minimum Gasteiger partial charge on any atom is -0.343 e. The molecule has 2 rings (SSSR count). The predicted molar refractivity (Wildman–Crippen MR) is 72.0 cm³/mol. The van der Waals surface area contributed by atoms with Crippen LogP contribution in [0.4, 0.5) is 5.13 Å². The van der Waals surface area contributed by atoms with E-state index in [4.69, 9.17) is 0 Å². The molecule has 1 saturated carbocycles. The summed E-state index contributed by atoms with van der Waals surface area (Å²) in [6.07, 6.45) is 5.34. The van der Waals surface area contributed by atoms with Crippen molar-refractivity contribution in [2.45, 2.75) is 45.6 Å². The second-order valence-corrected chi connectivity index (χ2v) is 7.05. The van der Waals surface area contributed by atoms with Crippen molar-refractivity contribution < 1.29 is 0 Å². The van der Waals surface area contributed by atoms with Crippen LogP contribution >= 0.6 is 27.3 Å². The second kappa shape index (κ2) is 5.45. The van der Waals surface area contributed by atoms with Gasteiger partial charge >= 0.3 is 0 Å². The van der Waals surface area contributed by atoms with Crippen molar-refractivity contribution >= 4 is 32.4 Å². The Bertz CT molecular complexity index is 334. The van der Waals surface area contributed by atoms with Crippen molar-refractivity contribution in [3.63, 3.8) is 0 Å². The fraction of sp³-hybridized carbons (Fsp3) is 0.818. The monoisotopic (exact) mass is 303 g/mol. The Morgan fingerprint density at radius 3 is 2.56 bits per heavy atom. The molecule has 1 aromatic rings. The van der Waals surface area contributed by atoms with Gasteiger partial charge in [0.1, 0.15) is 0 Å². The van der Waals surface area contributed by atoms with Gasteiger partial charge in [-0.15, -0.1) is 10.2 Å². The molecular formula is C11H18BrN3S. The molecule has 16 heavy (non-hydrogen) atoms. The number of hydrogen-bond donors (Lipinski definition) is 0. The van der Waals surface area contributed by atoms with E-state index in [1.54, 1.807) is 11.3 Å². The Morgan fingerprint density at radius 2 is 2.06 bits per heavy atom. The molecule has 0 aromatic carbocycles. The number of aromatic nitrogens is 2. The largest absolute Gasteiger partial charge is 0.343 e. The third-order valence-electron chi connectivity index (χ3n) is 2.96. The van der Waals surface area contributed by atoms with Crippen LogP contribution in [-0.2, 0) is 0 Å². The van der Waals surface area contributed by atoms with Crippen LogP contribution in [0.1, 0.15) is 39.5 Å². The summed E-state index contributed by atoms with van der Waals surface area (Å²) < 4.78 is 0.884. The van der Waals surface area contributed by atoms with Crippen molar-refractivity contribution in [2.75, 3.05) is 11.4 Å². The van der Waals surface area contributed by atoms with Gasteiger partial charge in [-0.25, -0.2) is 0 Å². The van der Waals surface area contributed by atoms with Gasteiger partial charge in [-0.2, -0.15) is 0 Å². The van der Waals surface area contributed by atoms with Gasteiger partial charge in [-0.05, 0) is 34.7 Å². The second-order valence-electron chi connectivity index (χ2n) is 4.82. The summed E-state index contributed by atoms with van der Waals surface area (Å²) in [5, 5.41) is 9.40. The molecule has 0 aliphatic heterocycles. The minimum absolute atomic E-state index is 0.670. The van der Waals surface area contributed by atoms with E-state index in [0.717, 1.165) is 15.6 Å². The van der Waals surface area contributed by atoms with Crippen LogP contribution in [0.5, 0.6) is 0 Å². The SMILES string of the molecule is CC(C)CN(c1nnc(Br)s1)C1CCCC1. The van der Waals surface area contributed by atoms with E-state index in [9.17, 15) is 0 Å². The van der Waals surface area contributed by atoms with Crippen molar-refractivity contribution in [3.8, 4) is 0 Å².